The van der Waals surface area contributed by atoms with Gasteiger partial charge in [-0.15, -0.1) is 0 Å². The van der Waals surface area contributed by atoms with Crippen molar-refractivity contribution in [1.82, 2.24) is 0 Å². The molecule has 0 amide bonds. The Labute approximate surface area is 137 Å². The number of aliphatic hydroxyl groups excluding tert-OH is 3. The lowest BCUT2D eigenvalue weighted by Gasteiger charge is -2.38. The van der Waals surface area contributed by atoms with Gasteiger partial charge in [-0.3, -0.25) is 0 Å². The van der Waals surface area contributed by atoms with Crippen LogP contribution in [0, 0.1) is 0 Å². The molecule has 7 heteroatoms. The Morgan fingerprint density at radius 2 is 1.48 bits per heavy atom. The molecule has 0 bridgehead atoms. The first-order chi connectivity index (χ1) is 11.0. The van der Waals surface area contributed by atoms with Crippen LogP contribution in [0.15, 0.2) is 0 Å². The molecule has 0 saturated carbocycles. The Balaban J connectivity index is 2.19. The molecule has 0 radical (unpaired) electrons. The lowest BCUT2D eigenvalue weighted by atomic mass is 9.99. The summed E-state index contributed by atoms with van der Waals surface area (Å²) in [5.41, 5.74) is 0. The smallest absolute Gasteiger partial charge is 0.335 e. The molecule has 3 unspecified atom stereocenters. The van der Waals surface area contributed by atoms with Gasteiger partial charge in [0.25, 0.3) is 0 Å². The Morgan fingerprint density at radius 1 is 0.913 bits per heavy atom. The molecule has 1 aliphatic rings. The van der Waals surface area contributed by atoms with Gasteiger partial charge in [-0.25, -0.2) is 4.79 Å². The maximum absolute atomic E-state index is 11.0. The second-order valence-electron chi connectivity index (χ2n) is 6.08. The molecule has 7 nitrogen and oxygen atoms in total. The van der Waals surface area contributed by atoms with Gasteiger partial charge >= 0.3 is 5.97 Å². The Bertz CT molecular complexity index is 336. The van der Waals surface area contributed by atoms with Gasteiger partial charge in [0.1, 0.15) is 18.3 Å². The quantitative estimate of drug-likeness (QED) is 0.417. The summed E-state index contributed by atoms with van der Waals surface area (Å²) >= 11 is 0. The van der Waals surface area contributed by atoms with Gasteiger partial charge in [0.05, 0.1) is 0 Å². The fourth-order valence-corrected chi connectivity index (χ4v) is 2.63. The molecule has 0 aromatic carbocycles. The van der Waals surface area contributed by atoms with Crippen molar-refractivity contribution in [1.29, 1.82) is 0 Å². The van der Waals surface area contributed by atoms with E-state index in [0.717, 1.165) is 19.3 Å². The van der Waals surface area contributed by atoms with Crippen molar-refractivity contribution in [3.63, 3.8) is 0 Å². The molecule has 4 N–H and O–H groups in total. The zero-order valence-electron chi connectivity index (χ0n) is 13.8. The molecule has 5 atom stereocenters. The standard InChI is InChI=1S/C16H30O7/c1-2-3-4-5-6-7-8-9-10-22-16-13(19)11(17)12(18)14(23-16)15(20)21/h11-14,16-19H,2-10H2,1H3,(H,20,21)/t11?,12-,13?,14?,16+/m1/s1. The van der Waals surface area contributed by atoms with Gasteiger partial charge < -0.3 is 29.9 Å². The van der Waals surface area contributed by atoms with E-state index in [0.29, 0.717) is 6.61 Å². The van der Waals surface area contributed by atoms with E-state index in [4.69, 9.17) is 14.6 Å². The first-order valence-corrected chi connectivity index (χ1v) is 8.53. The van der Waals surface area contributed by atoms with Gasteiger partial charge in [-0.2, -0.15) is 0 Å². The van der Waals surface area contributed by atoms with E-state index in [-0.39, 0.29) is 0 Å². The number of aliphatic hydroxyl groups is 3. The number of ether oxygens (including phenoxy) is 2. The third kappa shape index (κ3) is 6.73. The molecule has 0 aromatic heterocycles. The fraction of sp³-hybridized carbons (Fsp3) is 0.938. The van der Waals surface area contributed by atoms with E-state index >= 15 is 0 Å². The maximum atomic E-state index is 11.0. The summed E-state index contributed by atoms with van der Waals surface area (Å²) in [6.45, 7) is 2.50. The highest BCUT2D eigenvalue weighted by Gasteiger charge is 2.47. The number of carboxylic acid groups (broad SMARTS) is 1. The van der Waals surface area contributed by atoms with Crippen LogP contribution in [0.5, 0.6) is 0 Å². The number of aliphatic carboxylic acids is 1. The molecule has 1 rings (SSSR count). The minimum Gasteiger partial charge on any atom is -0.479 e. The highest BCUT2D eigenvalue weighted by atomic mass is 16.7. The third-order valence-electron chi connectivity index (χ3n) is 4.09. The van der Waals surface area contributed by atoms with E-state index in [9.17, 15) is 20.1 Å². The summed E-state index contributed by atoms with van der Waals surface area (Å²) in [6.07, 6.45) is 1.50. The monoisotopic (exact) mass is 334 g/mol. The van der Waals surface area contributed by atoms with Gasteiger partial charge in [0.2, 0.25) is 0 Å². The second kappa shape index (κ2) is 10.9. The van der Waals surface area contributed by atoms with E-state index in [1.54, 1.807) is 0 Å². The van der Waals surface area contributed by atoms with Crippen LogP contribution in [0.2, 0.25) is 0 Å². The van der Waals surface area contributed by atoms with E-state index < -0.39 is 36.7 Å². The van der Waals surface area contributed by atoms with Crippen molar-refractivity contribution in [2.45, 2.75) is 89.0 Å². The van der Waals surface area contributed by atoms with Gasteiger partial charge in [-0.05, 0) is 6.42 Å². The van der Waals surface area contributed by atoms with Crippen LogP contribution >= 0.6 is 0 Å². The van der Waals surface area contributed by atoms with Gasteiger partial charge in [0, 0.05) is 6.61 Å². The van der Waals surface area contributed by atoms with Crippen LogP contribution in [-0.2, 0) is 14.3 Å². The minimum absolute atomic E-state index is 0.311. The number of carbonyl (C=O) groups is 1. The highest BCUT2D eigenvalue weighted by molar-refractivity contribution is 5.73. The molecular formula is C16H30O7. The topological polar surface area (TPSA) is 116 Å². The molecule has 136 valence electrons. The van der Waals surface area contributed by atoms with Crippen LogP contribution in [0.1, 0.15) is 58.3 Å². The van der Waals surface area contributed by atoms with Crippen molar-refractivity contribution in [3.05, 3.63) is 0 Å². The third-order valence-corrected chi connectivity index (χ3v) is 4.09. The Kier molecular flexibility index (Phi) is 9.66. The fourth-order valence-electron chi connectivity index (χ4n) is 2.63. The number of unbranched alkanes of at least 4 members (excludes halogenated alkanes) is 7. The van der Waals surface area contributed by atoms with Crippen LogP contribution in [0.3, 0.4) is 0 Å². The Hall–Kier alpha value is -0.730. The summed E-state index contributed by atoms with van der Waals surface area (Å²) in [4.78, 5) is 11.0. The molecule has 1 heterocycles. The number of rotatable bonds is 11. The molecule has 0 aromatic rings. The average molecular weight is 334 g/mol. The maximum Gasteiger partial charge on any atom is 0.335 e. The summed E-state index contributed by atoms with van der Waals surface area (Å²) in [5.74, 6) is -1.40. The predicted molar refractivity (Wildman–Crippen MR) is 82.9 cm³/mol. The molecule has 1 aliphatic heterocycles. The SMILES string of the molecule is CCCCCCCCCCO[C@H]1OC(C(=O)O)[C@H](O)C(O)C1O. The number of hydrogen-bond acceptors (Lipinski definition) is 6. The number of hydrogen-bond donors (Lipinski definition) is 4. The molecule has 1 saturated heterocycles. The summed E-state index contributed by atoms with van der Waals surface area (Å²) in [5, 5.41) is 37.9. The van der Waals surface area contributed by atoms with Crippen LogP contribution in [0.4, 0.5) is 0 Å². The minimum atomic E-state index is -1.68. The summed E-state index contributed by atoms with van der Waals surface area (Å²) < 4.78 is 10.4. The summed E-state index contributed by atoms with van der Waals surface area (Å²) in [7, 11) is 0. The predicted octanol–water partition coefficient (Wildman–Crippen LogP) is 1.04. The molecular weight excluding hydrogens is 304 g/mol. The zero-order chi connectivity index (χ0) is 17.2. The molecule has 0 spiro atoms. The first kappa shape index (κ1) is 20.3. The van der Waals surface area contributed by atoms with Crippen molar-refractivity contribution in [2.24, 2.45) is 0 Å². The van der Waals surface area contributed by atoms with Crippen molar-refractivity contribution in [2.75, 3.05) is 6.61 Å². The largest absolute Gasteiger partial charge is 0.479 e. The average Bonchev–Trinajstić information content (AvgIpc) is 2.52. The van der Waals surface area contributed by atoms with E-state index in [1.807, 2.05) is 0 Å². The van der Waals surface area contributed by atoms with Crippen LogP contribution < -0.4 is 0 Å². The van der Waals surface area contributed by atoms with Crippen LogP contribution in [0.25, 0.3) is 0 Å². The van der Waals surface area contributed by atoms with E-state index in [1.165, 1.54) is 32.1 Å². The van der Waals surface area contributed by atoms with Crippen molar-refractivity contribution >= 4 is 5.97 Å². The summed E-state index contributed by atoms with van der Waals surface area (Å²) in [6, 6.07) is 0. The van der Waals surface area contributed by atoms with Gasteiger partial charge in [-0.1, -0.05) is 51.9 Å². The molecule has 1 fully saturated rings. The van der Waals surface area contributed by atoms with Crippen LogP contribution in [-0.4, -0.2) is 63.7 Å². The normalized spacial score (nSPS) is 31.2. The number of carboxylic acids is 1. The van der Waals surface area contributed by atoms with Crippen molar-refractivity contribution < 1.29 is 34.7 Å². The van der Waals surface area contributed by atoms with Crippen molar-refractivity contribution in [3.8, 4) is 0 Å². The first-order valence-electron chi connectivity index (χ1n) is 8.53. The lowest BCUT2D eigenvalue weighted by molar-refractivity contribution is -0.294. The Morgan fingerprint density at radius 3 is 2.04 bits per heavy atom. The lowest BCUT2D eigenvalue weighted by Crippen LogP contribution is -2.60. The van der Waals surface area contributed by atoms with Gasteiger partial charge in [0.15, 0.2) is 12.4 Å². The highest BCUT2D eigenvalue weighted by Crippen LogP contribution is 2.22. The molecule has 0 aliphatic carbocycles. The van der Waals surface area contributed by atoms with E-state index in [2.05, 4.69) is 6.92 Å². The molecule has 23 heavy (non-hydrogen) atoms. The zero-order valence-corrected chi connectivity index (χ0v) is 13.8. The second-order valence-corrected chi connectivity index (χ2v) is 6.08.